The third-order valence-electron chi connectivity index (χ3n) is 3.76. The van der Waals surface area contributed by atoms with Crippen LogP contribution in [-0.2, 0) is 11.2 Å². The van der Waals surface area contributed by atoms with Gasteiger partial charge in [0.25, 0.3) is 5.91 Å². The van der Waals surface area contributed by atoms with Gasteiger partial charge in [0, 0.05) is 17.6 Å². The molecule has 6 nitrogen and oxygen atoms in total. The Bertz CT molecular complexity index is 774. The maximum atomic E-state index is 13.0. The molecular weight excluding hydrogens is 302 g/mol. The molecule has 1 atom stereocenters. The molecule has 2 aromatic rings. The molecule has 22 heavy (non-hydrogen) atoms. The Morgan fingerprint density at radius 1 is 1.50 bits per heavy atom. The van der Waals surface area contributed by atoms with E-state index in [0.717, 1.165) is 15.5 Å². The Labute approximate surface area is 131 Å². The average Bonchev–Trinajstić information content (AvgIpc) is 3.01. The number of aliphatic carboxylic acids is 1. The van der Waals surface area contributed by atoms with Crippen LogP contribution in [0.25, 0.3) is 4.96 Å². The smallest absolute Gasteiger partial charge is 0.330 e. The first-order valence-electron chi connectivity index (χ1n) is 7.20. The van der Waals surface area contributed by atoms with Gasteiger partial charge < -0.3 is 10.0 Å². The lowest BCUT2D eigenvalue weighted by atomic mass is 10.1. The van der Waals surface area contributed by atoms with Gasteiger partial charge in [-0.2, -0.15) is 0 Å². The summed E-state index contributed by atoms with van der Waals surface area (Å²) in [6, 6.07) is -0.906. The molecule has 0 aliphatic carbocycles. The fraction of sp³-hybridized carbons (Fsp3) is 0.400. The normalized spacial score (nSPS) is 18.1. The second-order valence-electron chi connectivity index (χ2n) is 5.25. The van der Waals surface area contributed by atoms with Crippen LogP contribution < -0.4 is 0 Å². The number of amides is 1. The van der Waals surface area contributed by atoms with Gasteiger partial charge >= 0.3 is 5.97 Å². The molecule has 1 amide bonds. The number of fused-ring (bicyclic) bond motifs is 1. The minimum atomic E-state index is -1.01. The highest BCUT2D eigenvalue weighted by atomic mass is 32.1. The second kappa shape index (κ2) is 5.57. The van der Waals surface area contributed by atoms with Crippen molar-refractivity contribution in [2.75, 3.05) is 6.54 Å². The monoisotopic (exact) mass is 319 g/mol. The summed E-state index contributed by atoms with van der Waals surface area (Å²) in [5.41, 5.74) is 1.21. The number of imidazole rings is 1. The fourth-order valence-electron chi connectivity index (χ4n) is 2.74. The number of thiazole rings is 1. The third kappa shape index (κ3) is 2.31. The molecular formula is C15H17N3O3S. The zero-order valence-corrected chi connectivity index (χ0v) is 13.3. The van der Waals surface area contributed by atoms with E-state index in [9.17, 15) is 14.7 Å². The average molecular weight is 319 g/mol. The summed E-state index contributed by atoms with van der Waals surface area (Å²) in [6.07, 6.45) is 6.57. The van der Waals surface area contributed by atoms with Gasteiger partial charge in [0.05, 0.1) is 5.69 Å². The molecule has 1 aliphatic heterocycles. The summed E-state index contributed by atoms with van der Waals surface area (Å²) in [7, 11) is 0. The number of nitrogens with zero attached hydrogens (tertiary/aromatic N) is 3. The maximum Gasteiger partial charge on any atom is 0.330 e. The number of carbonyl (C=O) groups excluding carboxylic acids is 1. The molecule has 0 saturated carbocycles. The van der Waals surface area contributed by atoms with Gasteiger partial charge in [0.15, 0.2) is 4.96 Å². The first-order valence-corrected chi connectivity index (χ1v) is 8.02. The lowest BCUT2D eigenvalue weighted by Crippen LogP contribution is -2.46. The molecule has 0 bridgehead atoms. The molecule has 0 radical (unpaired) electrons. The van der Waals surface area contributed by atoms with E-state index in [1.807, 2.05) is 26.1 Å². The van der Waals surface area contributed by atoms with Crippen LogP contribution >= 0.6 is 11.3 Å². The van der Waals surface area contributed by atoms with Gasteiger partial charge in [-0.05, 0) is 19.8 Å². The SMILES string of the molecule is CCc1nc2sc(C)cn2c1C(=O)N1CCC=CC1C(=O)O. The summed E-state index contributed by atoms with van der Waals surface area (Å²) < 4.78 is 1.79. The van der Waals surface area contributed by atoms with Crippen molar-refractivity contribution in [1.29, 1.82) is 0 Å². The summed E-state index contributed by atoms with van der Waals surface area (Å²) in [5, 5.41) is 9.33. The van der Waals surface area contributed by atoms with Crippen LogP contribution in [0.15, 0.2) is 18.3 Å². The van der Waals surface area contributed by atoms with E-state index in [-0.39, 0.29) is 5.91 Å². The van der Waals surface area contributed by atoms with Crippen LogP contribution in [0.5, 0.6) is 0 Å². The second-order valence-corrected chi connectivity index (χ2v) is 6.47. The summed E-state index contributed by atoms with van der Waals surface area (Å²) in [4.78, 5) is 32.1. The lowest BCUT2D eigenvalue weighted by molar-refractivity contribution is -0.140. The Hall–Kier alpha value is -2.15. The molecule has 7 heteroatoms. The Morgan fingerprint density at radius 3 is 2.95 bits per heavy atom. The molecule has 1 N–H and O–H groups in total. The van der Waals surface area contributed by atoms with Gasteiger partial charge in [-0.15, -0.1) is 11.3 Å². The molecule has 3 rings (SSSR count). The number of aryl methyl sites for hydroxylation is 2. The van der Waals surface area contributed by atoms with Crippen LogP contribution in [0.4, 0.5) is 0 Å². The first-order chi connectivity index (χ1) is 10.5. The number of hydrogen-bond acceptors (Lipinski definition) is 4. The van der Waals surface area contributed by atoms with Gasteiger partial charge in [-0.25, -0.2) is 9.78 Å². The maximum absolute atomic E-state index is 13.0. The summed E-state index contributed by atoms with van der Waals surface area (Å²) >= 11 is 1.52. The van der Waals surface area contributed by atoms with Crippen molar-refractivity contribution in [3.8, 4) is 0 Å². The van der Waals surface area contributed by atoms with E-state index in [1.165, 1.54) is 16.2 Å². The summed E-state index contributed by atoms with van der Waals surface area (Å²) in [5.74, 6) is -1.27. The molecule has 3 heterocycles. The van der Waals surface area contributed by atoms with Crippen molar-refractivity contribution in [2.24, 2.45) is 0 Å². The number of carbonyl (C=O) groups is 2. The van der Waals surface area contributed by atoms with E-state index < -0.39 is 12.0 Å². The molecule has 2 aromatic heterocycles. The topological polar surface area (TPSA) is 74.9 Å². The molecule has 116 valence electrons. The number of carboxylic acid groups (broad SMARTS) is 1. The Balaban J connectivity index is 2.07. The number of hydrogen-bond donors (Lipinski definition) is 1. The van der Waals surface area contributed by atoms with Gasteiger partial charge in [0.1, 0.15) is 11.7 Å². The van der Waals surface area contributed by atoms with Crippen LogP contribution in [-0.4, -0.2) is 43.9 Å². The van der Waals surface area contributed by atoms with Crippen molar-refractivity contribution in [1.82, 2.24) is 14.3 Å². The number of carboxylic acids is 1. The van der Waals surface area contributed by atoms with Crippen molar-refractivity contribution in [3.05, 3.63) is 34.6 Å². The van der Waals surface area contributed by atoms with Crippen molar-refractivity contribution >= 4 is 28.2 Å². The molecule has 1 unspecified atom stereocenters. The molecule has 0 aromatic carbocycles. The minimum absolute atomic E-state index is 0.265. The van der Waals surface area contributed by atoms with Crippen LogP contribution in [0, 0.1) is 6.92 Å². The quantitative estimate of drug-likeness (QED) is 0.879. The number of rotatable bonds is 3. The highest BCUT2D eigenvalue weighted by Gasteiger charge is 2.33. The van der Waals surface area contributed by atoms with Crippen LogP contribution in [0.1, 0.15) is 34.4 Å². The van der Waals surface area contributed by atoms with Gasteiger partial charge in [-0.1, -0.05) is 19.1 Å². The third-order valence-corrected chi connectivity index (χ3v) is 4.65. The molecule has 1 aliphatic rings. The van der Waals surface area contributed by atoms with Crippen LogP contribution in [0.3, 0.4) is 0 Å². The Morgan fingerprint density at radius 2 is 2.27 bits per heavy atom. The molecule has 0 fully saturated rings. The van der Waals surface area contributed by atoms with E-state index in [2.05, 4.69) is 4.98 Å². The Kier molecular flexibility index (Phi) is 3.74. The van der Waals surface area contributed by atoms with E-state index in [0.29, 0.717) is 25.1 Å². The number of aromatic nitrogens is 2. The van der Waals surface area contributed by atoms with E-state index in [4.69, 9.17) is 0 Å². The minimum Gasteiger partial charge on any atom is -0.479 e. The van der Waals surface area contributed by atoms with Gasteiger partial charge in [0.2, 0.25) is 0 Å². The predicted octanol–water partition coefficient (Wildman–Crippen LogP) is 2.12. The standard InChI is InChI=1S/C15H17N3O3S/c1-3-10-12(18-8-9(2)22-15(18)16-10)13(19)17-7-5-4-6-11(17)14(20)21/h4,6,8,11H,3,5,7H2,1-2H3,(H,20,21). The van der Waals surface area contributed by atoms with Crippen molar-refractivity contribution < 1.29 is 14.7 Å². The summed E-state index contributed by atoms with van der Waals surface area (Å²) in [6.45, 7) is 4.32. The fourth-order valence-corrected chi connectivity index (χ4v) is 3.58. The van der Waals surface area contributed by atoms with E-state index >= 15 is 0 Å². The zero-order chi connectivity index (χ0) is 15.9. The lowest BCUT2D eigenvalue weighted by Gasteiger charge is -2.29. The molecule has 0 saturated heterocycles. The zero-order valence-electron chi connectivity index (χ0n) is 12.4. The largest absolute Gasteiger partial charge is 0.479 e. The van der Waals surface area contributed by atoms with Gasteiger partial charge in [-0.3, -0.25) is 9.20 Å². The molecule has 0 spiro atoms. The van der Waals surface area contributed by atoms with Crippen molar-refractivity contribution in [2.45, 2.75) is 32.7 Å². The van der Waals surface area contributed by atoms with Crippen molar-refractivity contribution in [3.63, 3.8) is 0 Å². The van der Waals surface area contributed by atoms with Crippen LogP contribution in [0.2, 0.25) is 0 Å². The van der Waals surface area contributed by atoms with E-state index in [1.54, 1.807) is 10.5 Å². The first kappa shape index (κ1) is 14.8. The highest BCUT2D eigenvalue weighted by Crippen LogP contribution is 2.24. The predicted molar refractivity (Wildman–Crippen MR) is 83.4 cm³/mol. The highest BCUT2D eigenvalue weighted by molar-refractivity contribution is 7.17.